The lowest BCUT2D eigenvalue weighted by Crippen LogP contribution is -2.31. The maximum Gasteiger partial charge on any atom is 0.335 e. The lowest BCUT2D eigenvalue weighted by Gasteiger charge is -2.21. The van der Waals surface area contributed by atoms with Crippen LogP contribution >= 0.6 is 0 Å². The van der Waals surface area contributed by atoms with Crippen molar-refractivity contribution in [2.75, 3.05) is 48.9 Å². The van der Waals surface area contributed by atoms with Crippen molar-refractivity contribution in [2.45, 2.75) is 9.79 Å². The smallest absolute Gasteiger partial charge is 0.335 e. The Labute approximate surface area is 356 Å². The number of carboxylic acids is 2. The summed E-state index contributed by atoms with van der Waals surface area (Å²) in [4.78, 5) is 36.6. The molecule has 1 heterocycles. The van der Waals surface area contributed by atoms with Crippen molar-refractivity contribution in [3.05, 3.63) is 102 Å². The highest BCUT2D eigenvalue weighted by Gasteiger charge is 2.22. The molecule has 0 aliphatic rings. The Kier molecular flexibility index (Phi) is 13.6. The number of ether oxygens (including phenoxy) is 1. The van der Waals surface area contributed by atoms with Crippen LogP contribution in [0.3, 0.4) is 0 Å². The fraction of sp³-hybridized carbons (Fsp3) is 0.132. The third-order valence-electron chi connectivity index (χ3n) is 8.63. The number of nitrogens with zero attached hydrogens (tertiary/aromatic N) is 8. The summed E-state index contributed by atoms with van der Waals surface area (Å²) in [6.07, 6.45) is 0. The minimum absolute atomic E-state index is 0.00927. The summed E-state index contributed by atoms with van der Waals surface area (Å²) in [6, 6.07) is 19.8. The molecule has 0 saturated heterocycles. The van der Waals surface area contributed by atoms with Crippen LogP contribution in [0.1, 0.15) is 20.7 Å². The lowest BCUT2D eigenvalue weighted by atomic mass is 10.1. The molecule has 0 atom stereocenters. The summed E-state index contributed by atoms with van der Waals surface area (Å²) in [7, 11) is -8.28. The van der Waals surface area contributed by atoms with Crippen molar-refractivity contribution < 1.29 is 60.7 Å². The normalized spacial score (nSPS) is 11.9. The third kappa shape index (κ3) is 11.2. The average molecular weight is 903 g/mol. The first-order valence-electron chi connectivity index (χ1n) is 18.0. The number of hydrogen-bond donors (Lipinski definition) is 8. The van der Waals surface area contributed by atoms with E-state index in [2.05, 4.69) is 46.0 Å². The van der Waals surface area contributed by atoms with Gasteiger partial charge < -0.3 is 40.7 Å². The van der Waals surface area contributed by atoms with Gasteiger partial charge in [-0.2, -0.15) is 52.2 Å². The van der Waals surface area contributed by atoms with E-state index in [9.17, 15) is 56.0 Å². The number of aliphatic hydroxyl groups is 2. The van der Waals surface area contributed by atoms with Crippen molar-refractivity contribution >= 4 is 94.9 Å². The fourth-order valence-electron chi connectivity index (χ4n) is 5.83. The molecule has 0 unspecified atom stereocenters. The van der Waals surface area contributed by atoms with E-state index in [1.165, 1.54) is 66.6 Å². The zero-order valence-electron chi connectivity index (χ0n) is 32.4. The molecule has 1 aromatic heterocycles. The summed E-state index contributed by atoms with van der Waals surface area (Å²) in [5.74, 6) is -2.39. The first-order chi connectivity index (χ1) is 29.9. The maximum atomic E-state index is 12.2. The number of fused-ring (bicyclic) bond motifs is 1. The summed E-state index contributed by atoms with van der Waals surface area (Å²) >= 11 is 0. The molecule has 0 aliphatic heterocycles. The van der Waals surface area contributed by atoms with E-state index in [1.807, 2.05) is 0 Å². The molecule has 6 rings (SSSR count). The molecule has 0 spiro atoms. The number of anilines is 5. The number of rotatable bonds is 18. The minimum Gasteiger partial charge on any atom is -0.494 e. The Bertz CT molecular complexity index is 2970. The van der Waals surface area contributed by atoms with Crippen molar-refractivity contribution in [3.8, 4) is 5.75 Å². The van der Waals surface area contributed by atoms with E-state index >= 15 is 0 Å². The van der Waals surface area contributed by atoms with Gasteiger partial charge in [-0.15, -0.1) is 0 Å². The lowest BCUT2D eigenvalue weighted by molar-refractivity contribution is 0.0696. The standard InChI is InChI=1S/C38H34N10O13S2/c1-61-31-19-25(45-46-26-16-21(34(51)52)15-22(17-26)35(53)54)9-10-30(31)40-37-41-36(42-38(43-37)48(11-13-49)12-14-50)39-23-5-7-24(8-6-23)44-47-27-18-29-28(33(20-27)63(58,59)60)3-2-4-32(29)62(55,56)57/h2-10,15-20,49-50H,11-14H2,1H3,(H,51,52)(H,53,54)(H,55,56,57)(H,58,59,60)(H2,39,40,41,42,43). The Hall–Kier alpha value is -7.55. The number of carboxylic acid groups (broad SMARTS) is 2. The number of azo groups is 2. The van der Waals surface area contributed by atoms with Crippen LogP contribution in [0.15, 0.2) is 121 Å². The number of carbonyl (C=O) groups is 2. The van der Waals surface area contributed by atoms with E-state index in [4.69, 9.17) is 4.74 Å². The number of nitrogens with one attached hydrogen (secondary N) is 2. The van der Waals surface area contributed by atoms with E-state index in [0.717, 1.165) is 18.2 Å². The second-order valence-electron chi connectivity index (χ2n) is 12.9. The number of aromatic nitrogens is 3. The molecule has 0 aliphatic carbocycles. The van der Waals surface area contributed by atoms with E-state index in [-0.39, 0.29) is 94.5 Å². The highest BCUT2D eigenvalue weighted by atomic mass is 32.2. The van der Waals surface area contributed by atoms with Crippen molar-refractivity contribution in [1.82, 2.24) is 15.0 Å². The third-order valence-corrected chi connectivity index (χ3v) is 10.4. The molecule has 326 valence electrons. The van der Waals surface area contributed by atoms with Crippen LogP contribution < -0.4 is 20.3 Å². The Morgan fingerprint density at radius 1 is 0.635 bits per heavy atom. The highest BCUT2D eigenvalue weighted by molar-refractivity contribution is 7.86. The highest BCUT2D eigenvalue weighted by Crippen LogP contribution is 2.35. The number of benzene rings is 5. The SMILES string of the molecule is COc1cc(N=Nc2cc(C(=O)O)cc(C(=O)O)c2)ccc1Nc1nc(Nc2ccc(N=Nc3cc(S(=O)(=O)O)c4cccc(S(=O)(=O)O)c4c3)cc2)nc(N(CCO)CCO)n1. The van der Waals surface area contributed by atoms with Gasteiger partial charge in [-0.25, -0.2) is 9.59 Å². The minimum atomic E-state index is -4.87. The van der Waals surface area contributed by atoms with Gasteiger partial charge in [0.05, 0.1) is 59.9 Å². The van der Waals surface area contributed by atoms with Gasteiger partial charge in [0.15, 0.2) is 0 Å². The predicted octanol–water partition coefficient (Wildman–Crippen LogP) is 6.03. The first kappa shape index (κ1) is 45.0. The predicted molar refractivity (Wildman–Crippen MR) is 225 cm³/mol. The molecule has 5 aromatic carbocycles. The quantitative estimate of drug-likeness (QED) is 0.0360. The molecular formula is C38H34N10O13S2. The van der Waals surface area contributed by atoms with Gasteiger partial charge in [0.2, 0.25) is 17.8 Å². The van der Waals surface area contributed by atoms with Crippen LogP contribution in [-0.2, 0) is 20.2 Å². The van der Waals surface area contributed by atoms with Crippen LogP contribution in [0.25, 0.3) is 10.8 Å². The van der Waals surface area contributed by atoms with Gasteiger partial charge in [0, 0.05) is 35.6 Å². The number of hydrogen-bond acceptors (Lipinski definition) is 19. The van der Waals surface area contributed by atoms with Crippen LogP contribution in [0.2, 0.25) is 0 Å². The van der Waals surface area contributed by atoms with Gasteiger partial charge >= 0.3 is 11.9 Å². The van der Waals surface area contributed by atoms with Gasteiger partial charge in [-0.05, 0) is 72.8 Å². The summed E-state index contributed by atoms with van der Waals surface area (Å²) < 4.78 is 73.5. The van der Waals surface area contributed by atoms with Gasteiger partial charge in [0.25, 0.3) is 20.2 Å². The number of aliphatic hydroxyl groups excluding tert-OH is 2. The van der Waals surface area contributed by atoms with Gasteiger partial charge in [0.1, 0.15) is 15.5 Å². The second kappa shape index (κ2) is 19.0. The largest absolute Gasteiger partial charge is 0.494 e. The zero-order chi connectivity index (χ0) is 45.5. The van der Waals surface area contributed by atoms with E-state index < -0.39 is 42.0 Å². The first-order valence-corrected chi connectivity index (χ1v) is 20.9. The fourth-order valence-corrected chi connectivity index (χ4v) is 7.25. The van der Waals surface area contributed by atoms with Crippen molar-refractivity contribution in [2.24, 2.45) is 20.5 Å². The molecule has 8 N–H and O–H groups in total. The topological polar surface area (TPSA) is 348 Å². The van der Waals surface area contributed by atoms with E-state index in [0.29, 0.717) is 11.4 Å². The molecule has 0 amide bonds. The number of methoxy groups -OCH3 is 1. The number of aromatic carboxylic acids is 2. The van der Waals surface area contributed by atoms with Gasteiger partial charge in [-0.1, -0.05) is 12.1 Å². The van der Waals surface area contributed by atoms with Crippen LogP contribution in [0.5, 0.6) is 5.75 Å². The van der Waals surface area contributed by atoms with Crippen molar-refractivity contribution in [1.29, 1.82) is 0 Å². The Balaban J connectivity index is 1.26. The Morgan fingerprint density at radius 3 is 1.76 bits per heavy atom. The summed E-state index contributed by atoms with van der Waals surface area (Å²) in [6.45, 7) is -0.494. The molecule has 23 nitrogen and oxygen atoms in total. The second-order valence-corrected chi connectivity index (χ2v) is 15.7. The van der Waals surface area contributed by atoms with Crippen molar-refractivity contribution in [3.63, 3.8) is 0 Å². The van der Waals surface area contributed by atoms with Crippen LogP contribution in [0.4, 0.5) is 52.0 Å². The Morgan fingerprint density at radius 2 is 1.19 bits per heavy atom. The van der Waals surface area contributed by atoms with Crippen LogP contribution in [0, 0.1) is 0 Å². The average Bonchev–Trinajstić information content (AvgIpc) is 3.24. The molecule has 6 aromatic rings. The zero-order valence-corrected chi connectivity index (χ0v) is 34.1. The molecule has 0 saturated carbocycles. The molecule has 63 heavy (non-hydrogen) atoms. The molecule has 0 fully saturated rings. The van der Waals surface area contributed by atoms with E-state index in [1.54, 1.807) is 18.2 Å². The summed E-state index contributed by atoms with van der Waals surface area (Å²) in [5, 5.41) is 60.0. The molecular weight excluding hydrogens is 869 g/mol. The van der Waals surface area contributed by atoms with Gasteiger partial charge in [-0.3, -0.25) is 9.11 Å². The monoisotopic (exact) mass is 902 g/mol. The molecule has 0 bridgehead atoms. The van der Waals surface area contributed by atoms with Crippen LogP contribution in [-0.4, -0.2) is 107 Å². The maximum absolute atomic E-state index is 12.2. The molecule has 25 heteroatoms. The summed E-state index contributed by atoms with van der Waals surface area (Å²) in [5.41, 5.74) is 0.528. The molecule has 0 radical (unpaired) electrons.